The first kappa shape index (κ1) is 21.8. The van der Waals surface area contributed by atoms with E-state index in [1.807, 2.05) is 54.0 Å². The lowest BCUT2D eigenvalue weighted by Crippen LogP contribution is -2.44. The molecule has 2 aromatic heterocycles. The number of likely N-dealkylation sites (tertiary alicyclic amines) is 1. The number of carbonyl (C=O) groups excluding carboxylic acids is 1. The van der Waals surface area contributed by atoms with E-state index >= 15 is 0 Å². The van der Waals surface area contributed by atoms with Gasteiger partial charge < -0.3 is 14.3 Å². The fourth-order valence-electron chi connectivity index (χ4n) is 4.66. The Morgan fingerprint density at radius 2 is 1.76 bits per heavy atom. The molecule has 0 unspecified atom stereocenters. The number of aromatic nitrogens is 1. The van der Waals surface area contributed by atoms with Gasteiger partial charge in [-0.15, -0.1) is 0 Å². The first-order valence-corrected chi connectivity index (χ1v) is 11.8. The maximum absolute atomic E-state index is 13.3. The minimum Gasteiger partial charge on any atom is -0.460 e. The number of fused-ring (bicyclic) bond motifs is 1. The van der Waals surface area contributed by atoms with Crippen molar-refractivity contribution in [3.63, 3.8) is 0 Å². The van der Waals surface area contributed by atoms with E-state index < -0.39 is 0 Å². The molecule has 0 bridgehead atoms. The number of hydrogen-bond donors (Lipinski definition) is 1. The number of amides is 1. The zero-order valence-corrected chi connectivity index (χ0v) is 19.5. The third kappa shape index (κ3) is 4.85. The molecule has 3 heterocycles. The van der Waals surface area contributed by atoms with Gasteiger partial charge in [0.15, 0.2) is 5.58 Å². The summed E-state index contributed by atoms with van der Waals surface area (Å²) in [4.78, 5) is 15.8. The van der Waals surface area contributed by atoms with Gasteiger partial charge >= 0.3 is 0 Å². The number of hydrogen-bond acceptors (Lipinski definition) is 3. The lowest BCUT2D eigenvalue weighted by molar-refractivity contribution is 0.0900. The normalized spacial score (nSPS) is 15.2. The molecule has 33 heavy (non-hydrogen) atoms. The van der Waals surface area contributed by atoms with Crippen LogP contribution < -0.4 is 5.32 Å². The summed E-state index contributed by atoms with van der Waals surface area (Å²) >= 11 is 6.41. The quantitative estimate of drug-likeness (QED) is 0.404. The highest BCUT2D eigenvalue weighted by Crippen LogP contribution is 2.27. The summed E-state index contributed by atoms with van der Waals surface area (Å²) in [6, 6.07) is 22.3. The van der Waals surface area contributed by atoms with E-state index in [0.29, 0.717) is 17.3 Å². The van der Waals surface area contributed by atoms with Crippen LogP contribution in [0.4, 0.5) is 0 Å². The monoisotopic (exact) mass is 461 g/mol. The van der Waals surface area contributed by atoms with Gasteiger partial charge in [-0.25, -0.2) is 0 Å². The van der Waals surface area contributed by atoms with Crippen LogP contribution in [0.3, 0.4) is 0 Å². The number of benzene rings is 2. The van der Waals surface area contributed by atoms with Crippen LogP contribution in [-0.2, 0) is 13.1 Å². The number of nitrogens with one attached hydrogen (secondary N) is 1. The van der Waals surface area contributed by atoms with Gasteiger partial charge in [-0.2, -0.15) is 0 Å². The van der Waals surface area contributed by atoms with Crippen molar-refractivity contribution in [3.8, 4) is 0 Å². The van der Waals surface area contributed by atoms with Crippen molar-refractivity contribution in [3.05, 3.63) is 94.3 Å². The molecular weight excluding hydrogens is 434 g/mol. The Balaban J connectivity index is 1.29. The Morgan fingerprint density at radius 3 is 2.52 bits per heavy atom. The van der Waals surface area contributed by atoms with E-state index in [1.165, 1.54) is 5.56 Å². The van der Waals surface area contributed by atoms with Crippen molar-refractivity contribution in [2.45, 2.75) is 38.9 Å². The molecule has 2 aromatic carbocycles. The average molecular weight is 462 g/mol. The smallest absolute Gasteiger partial charge is 0.268 e. The summed E-state index contributed by atoms with van der Waals surface area (Å²) in [5.41, 5.74) is 4.54. The summed E-state index contributed by atoms with van der Waals surface area (Å²) in [5.74, 6) is 0.762. The van der Waals surface area contributed by atoms with Gasteiger partial charge in [0.25, 0.3) is 5.91 Å². The number of carbonyl (C=O) groups is 1. The van der Waals surface area contributed by atoms with Gasteiger partial charge in [0, 0.05) is 49.4 Å². The topological polar surface area (TPSA) is 50.4 Å². The summed E-state index contributed by atoms with van der Waals surface area (Å²) < 4.78 is 7.83. The van der Waals surface area contributed by atoms with Gasteiger partial charge in [-0.05, 0) is 37.0 Å². The number of piperidine rings is 1. The van der Waals surface area contributed by atoms with Gasteiger partial charge in [-0.1, -0.05) is 60.1 Å². The zero-order valence-electron chi connectivity index (χ0n) is 18.8. The molecule has 1 aliphatic rings. The SMILES string of the molecule is Cc1cc2c(cc(C(=O)NC3CCN(Cc4ccccc4)CC3)n2Cc2ccccc2Cl)o1. The molecule has 1 saturated heterocycles. The van der Waals surface area contributed by atoms with Crippen molar-refractivity contribution in [2.24, 2.45) is 0 Å². The highest BCUT2D eigenvalue weighted by Gasteiger charge is 2.24. The lowest BCUT2D eigenvalue weighted by atomic mass is 10.0. The molecule has 170 valence electrons. The molecule has 1 aliphatic heterocycles. The molecule has 0 saturated carbocycles. The molecule has 1 fully saturated rings. The molecule has 1 amide bonds. The van der Waals surface area contributed by atoms with Crippen LogP contribution in [0.2, 0.25) is 5.02 Å². The van der Waals surface area contributed by atoms with Crippen LogP contribution >= 0.6 is 11.6 Å². The summed E-state index contributed by atoms with van der Waals surface area (Å²) in [6.45, 7) is 5.34. The Labute approximate surface area is 198 Å². The molecule has 0 atom stereocenters. The minimum absolute atomic E-state index is 0.0624. The molecule has 0 spiro atoms. The van der Waals surface area contributed by atoms with Crippen molar-refractivity contribution in [2.75, 3.05) is 13.1 Å². The molecule has 5 rings (SSSR count). The second-order valence-corrected chi connectivity index (χ2v) is 9.23. The van der Waals surface area contributed by atoms with Crippen LogP contribution in [0.5, 0.6) is 0 Å². The second-order valence-electron chi connectivity index (χ2n) is 8.82. The maximum Gasteiger partial charge on any atom is 0.268 e. The molecular formula is C27H28ClN3O2. The molecule has 4 aromatic rings. The molecule has 1 N–H and O–H groups in total. The maximum atomic E-state index is 13.3. The largest absolute Gasteiger partial charge is 0.460 e. The van der Waals surface area contributed by atoms with Gasteiger partial charge in [0.2, 0.25) is 0 Å². The third-order valence-electron chi connectivity index (χ3n) is 6.40. The third-order valence-corrected chi connectivity index (χ3v) is 6.77. The summed E-state index contributed by atoms with van der Waals surface area (Å²) in [6.07, 6.45) is 1.89. The fraction of sp³-hybridized carbons (Fsp3) is 0.296. The molecule has 5 nitrogen and oxygen atoms in total. The highest BCUT2D eigenvalue weighted by atomic mass is 35.5. The lowest BCUT2D eigenvalue weighted by Gasteiger charge is -2.32. The van der Waals surface area contributed by atoms with Crippen LogP contribution in [0.25, 0.3) is 11.1 Å². The Bertz CT molecular complexity index is 1250. The van der Waals surface area contributed by atoms with Crippen molar-refractivity contribution in [1.82, 2.24) is 14.8 Å². The van der Waals surface area contributed by atoms with E-state index in [-0.39, 0.29) is 11.9 Å². The number of rotatable bonds is 6. The Kier molecular flexibility index (Phi) is 6.25. The average Bonchev–Trinajstić information content (AvgIpc) is 3.34. The van der Waals surface area contributed by atoms with Gasteiger partial charge in [0.1, 0.15) is 11.5 Å². The number of furan rings is 1. The number of halogens is 1. The van der Waals surface area contributed by atoms with Crippen molar-refractivity contribution >= 4 is 28.6 Å². The summed E-state index contributed by atoms with van der Waals surface area (Å²) in [5, 5.41) is 3.96. The predicted octanol–water partition coefficient (Wildman–Crippen LogP) is 5.64. The van der Waals surface area contributed by atoms with Crippen molar-refractivity contribution < 1.29 is 9.21 Å². The van der Waals surface area contributed by atoms with E-state index in [0.717, 1.165) is 54.9 Å². The van der Waals surface area contributed by atoms with Gasteiger partial charge in [0.05, 0.1) is 5.52 Å². The van der Waals surface area contributed by atoms with E-state index in [2.05, 4.69) is 34.5 Å². The Morgan fingerprint density at radius 1 is 1.03 bits per heavy atom. The predicted molar refractivity (Wildman–Crippen MR) is 132 cm³/mol. The van der Waals surface area contributed by atoms with E-state index in [1.54, 1.807) is 0 Å². The minimum atomic E-state index is -0.0624. The first-order chi connectivity index (χ1) is 16.1. The highest BCUT2D eigenvalue weighted by molar-refractivity contribution is 6.31. The van der Waals surface area contributed by atoms with E-state index in [9.17, 15) is 4.79 Å². The van der Waals surface area contributed by atoms with Crippen LogP contribution in [0.15, 0.2) is 71.1 Å². The summed E-state index contributed by atoms with van der Waals surface area (Å²) in [7, 11) is 0. The van der Waals surface area contributed by atoms with E-state index in [4.69, 9.17) is 16.0 Å². The molecule has 6 heteroatoms. The first-order valence-electron chi connectivity index (χ1n) is 11.5. The standard InChI is InChI=1S/C27H28ClN3O2/c1-19-15-24-26(33-19)16-25(31(24)18-21-9-5-6-10-23(21)28)27(32)29-22-11-13-30(14-12-22)17-20-7-3-2-4-8-20/h2-10,15-16,22H,11-14,17-18H2,1H3,(H,29,32). The van der Waals surface area contributed by atoms with Crippen LogP contribution in [-0.4, -0.2) is 34.5 Å². The number of nitrogens with zero attached hydrogens (tertiary/aromatic N) is 2. The number of aryl methyl sites for hydroxylation is 1. The fourth-order valence-corrected chi connectivity index (χ4v) is 4.85. The molecule has 0 aliphatic carbocycles. The van der Waals surface area contributed by atoms with Crippen LogP contribution in [0.1, 0.15) is 40.2 Å². The zero-order chi connectivity index (χ0) is 22.8. The van der Waals surface area contributed by atoms with Gasteiger partial charge in [-0.3, -0.25) is 9.69 Å². The van der Waals surface area contributed by atoms with Crippen LogP contribution in [0, 0.1) is 6.92 Å². The second kappa shape index (κ2) is 9.46. The Hall–Kier alpha value is -3.02. The molecule has 0 radical (unpaired) electrons. The van der Waals surface area contributed by atoms with Crippen molar-refractivity contribution in [1.29, 1.82) is 0 Å².